The molecule has 88 valence electrons. The topological polar surface area (TPSA) is 45.1 Å². The van der Waals surface area contributed by atoms with E-state index in [1.165, 1.54) is 6.07 Å². The van der Waals surface area contributed by atoms with Crippen LogP contribution in [0.2, 0.25) is 0 Å². The number of aromatic nitrogens is 1. The predicted molar refractivity (Wildman–Crippen MR) is 59.8 cm³/mol. The summed E-state index contributed by atoms with van der Waals surface area (Å²) in [5, 5.41) is 11.6. The van der Waals surface area contributed by atoms with E-state index in [9.17, 15) is 8.78 Å². The summed E-state index contributed by atoms with van der Waals surface area (Å²) in [5.74, 6) is -0.937. The molecule has 0 fully saturated rings. The van der Waals surface area contributed by atoms with Crippen LogP contribution in [0.4, 0.5) is 20.3 Å². The van der Waals surface area contributed by atoms with E-state index >= 15 is 0 Å². The molecule has 0 radical (unpaired) electrons. The van der Waals surface area contributed by atoms with Crippen molar-refractivity contribution in [3.05, 3.63) is 53.7 Å². The second kappa shape index (κ2) is 4.88. The number of hydrogen-bond donors (Lipinski definition) is 2. The SMILES string of the molecule is OCc1cccc(Nc2ccc(F)cc2F)n1. The third kappa shape index (κ3) is 2.76. The highest BCUT2D eigenvalue weighted by molar-refractivity contribution is 5.56. The molecule has 3 nitrogen and oxygen atoms in total. The summed E-state index contributed by atoms with van der Waals surface area (Å²) in [6.07, 6.45) is 0. The predicted octanol–water partition coefficient (Wildman–Crippen LogP) is 2.60. The van der Waals surface area contributed by atoms with E-state index in [2.05, 4.69) is 10.3 Å². The summed E-state index contributed by atoms with van der Waals surface area (Å²) in [6, 6.07) is 8.19. The number of aliphatic hydroxyl groups is 1. The van der Waals surface area contributed by atoms with Crippen LogP contribution >= 0.6 is 0 Å². The van der Waals surface area contributed by atoms with Crippen molar-refractivity contribution < 1.29 is 13.9 Å². The Balaban J connectivity index is 2.25. The number of nitrogens with one attached hydrogen (secondary N) is 1. The van der Waals surface area contributed by atoms with Gasteiger partial charge in [0, 0.05) is 6.07 Å². The fourth-order valence-electron chi connectivity index (χ4n) is 1.37. The molecule has 2 rings (SSSR count). The number of rotatable bonds is 3. The van der Waals surface area contributed by atoms with Gasteiger partial charge in [0.25, 0.3) is 0 Å². The van der Waals surface area contributed by atoms with Crippen LogP contribution < -0.4 is 5.32 Å². The van der Waals surface area contributed by atoms with Crippen LogP contribution in [0.25, 0.3) is 0 Å². The van der Waals surface area contributed by atoms with Gasteiger partial charge in [-0.1, -0.05) is 6.07 Å². The minimum Gasteiger partial charge on any atom is -0.390 e. The maximum Gasteiger partial charge on any atom is 0.149 e. The molecule has 0 saturated heterocycles. The van der Waals surface area contributed by atoms with Crippen LogP contribution in [0.1, 0.15) is 5.69 Å². The second-order valence-corrected chi connectivity index (χ2v) is 3.42. The normalized spacial score (nSPS) is 10.3. The highest BCUT2D eigenvalue weighted by Gasteiger charge is 2.04. The molecule has 0 amide bonds. The number of nitrogens with zero attached hydrogens (tertiary/aromatic N) is 1. The van der Waals surface area contributed by atoms with Crippen molar-refractivity contribution >= 4 is 11.5 Å². The van der Waals surface area contributed by atoms with E-state index in [4.69, 9.17) is 5.11 Å². The lowest BCUT2D eigenvalue weighted by Crippen LogP contribution is -1.98. The average Bonchev–Trinajstić information content (AvgIpc) is 2.33. The van der Waals surface area contributed by atoms with Crippen LogP contribution in [0.15, 0.2) is 36.4 Å². The minimum atomic E-state index is -0.693. The van der Waals surface area contributed by atoms with Crippen molar-refractivity contribution in [2.75, 3.05) is 5.32 Å². The molecular weight excluding hydrogens is 226 g/mol. The molecule has 5 heteroatoms. The van der Waals surface area contributed by atoms with Crippen molar-refractivity contribution in [3.8, 4) is 0 Å². The Morgan fingerprint density at radius 3 is 2.71 bits per heavy atom. The largest absolute Gasteiger partial charge is 0.390 e. The van der Waals surface area contributed by atoms with E-state index < -0.39 is 11.6 Å². The molecule has 1 heterocycles. The molecule has 0 saturated carbocycles. The molecule has 17 heavy (non-hydrogen) atoms. The van der Waals surface area contributed by atoms with Crippen molar-refractivity contribution in [1.82, 2.24) is 4.98 Å². The summed E-state index contributed by atoms with van der Waals surface area (Å²) in [5.41, 5.74) is 0.603. The van der Waals surface area contributed by atoms with E-state index in [0.717, 1.165) is 12.1 Å². The Morgan fingerprint density at radius 2 is 2.00 bits per heavy atom. The third-order valence-electron chi connectivity index (χ3n) is 2.16. The molecule has 0 aliphatic heterocycles. The fourth-order valence-corrected chi connectivity index (χ4v) is 1.37. The number of pyridine rings is 1. The molecule has 1 aromatic heterocycles. The number of hydrogen-bond acceptors (Lipinski definition) is 3. The lowest BCUT2D eigenvalue weighted by atomic mass is 10.3. The van der Waals surface area contributed by atoms with E-state index in [0.29, 0.717) is 11.5 Å². The molecule has 2 aromatic rings. The number of anilines is 2. The molecule has 1 aromatic carbocycles. The van der Waals surface area contributed by atoms with Gasteiger partial charge >= 0.3 is 0 Å². The smallest absolute Gasteiger partial charge is 0.149 e. The molecule has 0 spiro atoms. The highest BCUT2D eigenvalue weighted by atomic mass is 19.1. The quantitative estimate of drug-likeness (QED) is 0.861. The fraction of sp³-hybridized carbons (Fsp3) is 0.0833. The van der Waals surface area contributed by atoms with Gasteiger partial charge in [-0.3, -0.25) is 0 Å². The third-order valence-corrected chi connectivity index (χ3v) is 2.16. The van der Waals surface area contributed by atoms with Gasteiger partial charge in [0.05, 0.1) is 18.0 Å². The monoisotopic (exact) mass is 236 g/mol. The second-order valence-electron chi connectivity index (χ2n) is 3.42. The zero-order valence-corrected chi connectivity index (χ0v) is 8.82. The zero-order valence-electron chi connectivity index (χ0n) is 8.82. The molecule has 0 aliphatic rings. The standard InChI is InChI=1S/C12H10F2N2O/c13-8-4-5-11(10(14)6-8)16-12-3-1-2-9(7-17)15-12/h1-6,17H,7H2,(H,15,16). The van der Waals surface area contributed by atoms with Crippen LogP contribution in [0.5, 0.6) is 0 Å². The number of halogens is 2. The maximum absolute atomic E-state index is 13.3. The molecular formula is C12H10F2N2O. The Hall–Kier alpha value is -2.01. The van der Waals surface area contributed by atoms with Crippen molar-refractivity contribution in [1.29, 1.82) is 0 Å². The highest BCUT2D eigenvalue weighted by Crippen LogP contribution is 2.19. The molecule has 0 atom stereocenters. The van der Waals surface area contributed by atoms with Crippen LogP contribution in [0.3, 0.4) is 0 Å². The summed E-state index contributed by atoms with van der Waals surface area (Å²) in [6.45, 7) is -0.193. The van der Waals surface area contributed by atoms with E-state index in [-0.39, 0.29) is 12.3 Å². The first-order valence-electron chi connectivity index (χ1n) is 4.98. The Bertz CT molecular complexity index is 532. The first-order chi connectivity index (χ1) is 8.19. The van der Waals surface area contributed by atoms with Crippen LogP contribution in [0, 0.1) is 11.6 Å². The number of aliphatic hydroxyl groups excluding tert-OH is 1. The summed E-state index contributed by atoms with van der Waals surface area (Å²) in [4.78, 5) is 4.03. The average molecular weight is 236 g/mol. The molecule has 0 bridgehead atoms. The van der Waals surface area contributed by atoms with Crippen molar-refractivity contribution in [2.45, 2.75) is 6.61 Å². The van der Waals surface area contributed by atoms with E-state index in [1.54, 1.807) is 18.2 Å². The van der Waals surface area contributed by atoms with Gasteiger partial charge < -0.3 is 10.4 Å². The van der Waals surface area contributed by atoms with Gasteiger partial charge in [-0.05, 0) is 24.3 Å². The lowest BCUT2D eigenvalue weighted by molar-refractivity contribution is 0.277. The zero-order chi connectivity index (χ0) is 12.3. The Kier molecular flexibility index (Phi) is 3.30. The van der Waals surface area contributed by atoms with Gasteiger partial charge in [0.2, 0.25) is 0 Å². The van der Waals surface area contributed by atoms with Gasteiger partial charge in [-0.25, -0.2) is 13.8 Å². The molecule has 2 N–H and O–H groups in total. The summed E-state index contributed by atoms with van der Waals surface area (Å²) >= 11 is 0. The maximum atomic E-state index is 13.3. The van der Waals surface area contributed by atoms with Crippen LogP contribution in [-0.4, -0.2) is 10.1 Å². The minimum absolute atomic E-state index is 0.133. The summed E-state index contributed by atoms with van der Waals surface area (Å²) in [7, 11) is 0. The van der Waals surface area contributed by atoms with Crippen molar-refractivity contribution in [3.63, 3.8) is 0 Å². The Labute approximate surface area is 96.7 Å². The van der Waals surface area contributed by atoms with Gasteiger partial charge in [0.15, 0.2) is 0 Å². The van der Waals surface area contributed by atoms with Gasteiger partial charge in [0.1, 0.15) is 17.5 Å². The Morgan fingerprint density at radius 1 is 1.18 bits per heavy atom. The van der Waals surface area contributed by atoms with Gasteiger partial charge in [-0.2, -0.15) is 0 Å². The summed E-state index contributed by atoms with van der Waals surface area (Å²) < 4.78 is 26.0. The van der Waals surface area contributed by atoms with Crippen molar-refractivity contribution in [2.24, 2.45) is 0 Å². The van der Waals surface area contributed by atoms with Crippen LogP contribution in [-0.2, 0) is 6.61 Å². The van der Waals surface area contributed by atoms with E-state index in [1.807, 2.05) is 0 Å². The first kappa shape index (κ1) is 11.5. The molecule has 0 aliphatic carbocycles. The van der Waals surface area contributed by atoms with Gasteiger partial charge in [-0.15, -0.1) is 0 Å². The first-order valence-corrected chi connectivity index (χ1v) is 4.98. The number of benzene rings is 1. The lowest BCUT2D eigenvalue weighted by Gasteiger charge is -2.07. The molecule has 0 unspecified atom stereocenters.